The quantitative estimate of drug-likeness (QED) is 0.523. The molecular weight excluding hydrogens is 359 g/mol. The third-order valence-corrected chi connectivity index (χ3v) is 6.48. The standard InChI is InChI=1S/C18H17FN2O2S2/c19-13-5-1-2-6-14(13)23-8-11(22)9-24-17-16-12-4-3-7-15(12)25-18(16)21-10-20-17/h1-2,5-6,10-11,22H,3-4,7-9H2/t11-/m0/s1. The minimum atomic E-state index is -0.707. The predicted molar refractivity (Wildman–Crippen MR) is 98.1 cm³/mol. The second kappa shape index (κ2) is 7.27. The maximum atomic E-state index is 13.5. The Bertz CT molecular complexity index is 900. The van der Waals surface area contributed by atoms with Crippen LogP contribution in [0.5, 0.6) is 5.75 Å². The highest BCUT2D eigenvalue weighted by atomic mass is 32.2. The molecule has 2 aromatic heterocycles. The van der Waals surface area contributed by atoms with Crippen LogP contribution < -0.4 is 4.74 Å². The number of hydrogen-bond donors (Lipinski definition) is 1. The Morgan fingerprint density at radius 1 is 1.28 bits per heavy atom. The summed E-state index contributed by atoms with van der Waals surface area (Å²) in [5, 5.41) is 12.2. The molecule has 0 unspecified atom stereocenters. The number of halogens is 1. The molecule has 1 atom stereocenters. The predicted octanol–water partition coefficient (Wildman–Crippen LogP) is 3.85. The number of rotatable bonds is 6. The fourth-order valence-corrected chi connectivity index (χ4v) is 5.21. The molecule has 0 radical (unpaired) electrons. The number of thiophene rings is 1. The number of nitrogens with zero attached hydrogens (tertiary/aromatic N) is 2. The monoisotopic (exact) mass is 376 g/mol. The van der Waals surface area contributed by atoms with Gasteiger partial charge < -0.3 is 9.84 Å². The Balaban J connectivity index is 1.41. The number of aliphatic hydroxyl groups is 1. The Kier molecular flexibility index (Phi) is 4.87. The lowest BCUT2D eigenvalue weighted by Gasteiger charge is -2.12. The minimum Gasteiger partial charge on any atom is -0.488 e. The zero-order chi connectivity index (χ0) is 17.2. The van der Waals surface area contributed by atoms with Crippen molar-refractivity contribution in [2.75, 3.05) is 12.4 Å². The van der Waals surface area contributed by atoms with Crippen molar-refractivity contribution in [2.45, 2.75) is 30.4 Å². The van der Waals surface area contributed by atoms with Crippen LogP contribution in [0.3, 0.4) is 0 Å². The summed E-state index contributed by atoms with van der Waals surface area (Å²) in [6.45, 7) is 0.0455. The van der Waals surface area contributed by atoms with Crippen LogP contribution in [0.1, 0.15) is 16.9 Å². The molecule has 25 heavy (non-hydrogen) atoms. The van der Waals surface area contributed by atoms with Gasteiger partial charge >= 0.3 is 0 Å². The van der Waals surface area contributed by atoms with Gasteiger partial charge in [0, 0.05) is 16.0 Å². The summed E-state index contributed by atoms with van der Waals surface area (Å²) in [7, 11) is 0. The van der Waals surface area contributed by atoms with E-state index in [4.69, 9.17) is 4.74 Å². The van der Waals surface area contributed by atoms with Gasteiger partial charge in [0.25, 0.3) is 0 Å². The third-order valence-electron chi connectivity index (χ3n) is 4.15. The van der Waals surface area contributed by atoms with E-state index in [-0.39, 0.29) is 12.4 Å². The molecule has 3 aromatic rings. The van der Waals surface area contributed by atoms with Crippen molar-refractivity contribution in [1.29, 1.82) is 0 Å². The van der Waals surface area contributed by atoms with E-state index in [0.29, 0.717) is 5.75 Å². The number of benzene rings is 1. The minimum absolute atomic E-state index is 0.0455. The van der Waals surface area contributed by atoms with Gasteiger partial charge in [-0.15, -0.1) is 23.1 Å². The van der Waals surface area contributed by atoms with Crippen molar-refractivity contribution >= 4 is 33.3 Å². The Morgan fingerprint density at radius 2 is 2.16 bits per heavy atom. The molecule has 7 heteroatoms. The zero-order valence-corrected chi connectivity index (χ0v) is 15.1. The zero-order valence-electron chi connectivity index (χ0n) is 13.4. The topological polar surface area (TPSA) is 55.2 Å². The SMILES string of the molecule is O[C@@H](COc1ccccc1F)CSc1ncnc2sc3c(c12)CCC3. The van der Waals surface area contributed by atoms with Crippen molar-refractivity contribution in [3.63, 3.8) is 0 Å². The van der Waals surface area contributed by atoms with Gasteiger partial charge in [0.2, 0.25) is 0 Å². The molecule has 0 spiro atoms. The summed E-state index contributed by atoms with van der Waals surface area (Å²) in [5.41, 5.74) is 1.38. The van der Waals surface area contributed by atoms with E-state index >= 15 is 0 Å². The molecule has 1 aromatic carbocycles. The molecule has 0 bridgehead atoms. The Morgan fingerprint density at radius 3 is 3.04 bits per heavy atom. The highest BCUT2D eigenvalue weighted by Crippen LogP contribution is 2.40. The lowest BCUT2D eigenvalue weighted by atomic mass is 10.2. The number of aryl methyl sites for hydroxylation is 2. The van der Waals surface area contributed by atoms with E-state index in [0.717, 1.165) is 28.1 Å². The first-order valence-electron chi connectivity index (χ1n) is 8.16. The van der Waals surface area contributed by atoms with Gasteiger partial charge in [-0.1, -0.05) is 12.1 Å². The van der Waals surface area contributed by atoms with Crippen molar-refractivity contribution in [3.05, 3.63) is 46.9 Å². The van der Waals surface area contributed by atoms with Crippen LogP contribution in [-0.4, -0.2) is 33.5 Å². The van der Waals surface area contributed by atoms with Gasteiger partial charge in [0.15, 0.2) is 11.6 Å². The van der Waals surface area contributed by atoms with Gasteiger partial charge in [-0.25, -0.2) is 14.4 Å². The van der Waals surface area contributed by atoms with Gasteiger partial charge in [0.1, 0.15) is 22.8 Å². The van der Waals surface area contributed by atoms with E-state index in [1.807, 2.05) is 0 Å². The first-order valence-corrected chi connectivity index (χ1v) is 9.96. The van der Waals surface area contributed by atoms with Crippen LogP contribution in [0, 0.1) is 5.82 Å². The molecule has 0 saturated carbocycles. The maximum absolute atomic E-state index is 13.5. The number of thioether (sulfide) groups is 1. The van der Waals surface area contributed by atoms with E-state index in [2.05, 4.69) is 9.97 Å². The summed E-state index contributed by atoms with van der Waals surface area (Å²) in [5.74, 6) is 0.172. The van der Waals surface area contributed by atoms with Crippen molar-refractivity contribution < 1.29 is 14.2 Å². The van der Waals surface area contributed by atoms with Crippen LogP contribution in [0.4, 0.5) is 4.39 Å². The van der Waals surface area contributed by atoms with Crippen LogP contribution >= 0.6 is 23.1 Å². The maximum Gasteiger partial charge on any atom is 0.165 e. The van der Waals surface area contributed by atoms with Gasteiger partial charge in [-0.3, -0.25) is 0 Å². The van der Waals surface area contributed by atoms with E-state index in [1.165, 1.54) is 34.7 Å². The summed E-state index contributed by atoms with van der Waals surface area (Å²) >= 11 is 3.25. The molecule has 1 aliphatic rings. The number of para-hydroxylation sites is 1. The van der Waals surface area contributed by atoms with Crippen LogP contribution in [0.2, 0.25) is 0 Å². The number of aromatic nitrogens is 2. The molecule has 130 valence electrons. The Labute approximate surface area is 153 Å². The van der Waals surface area contributed by atoms with Gasteiger partial charge in [0.05, 0.1) is 6.10 Å². The summed E-state index contributed by atoms with van der Waals surface area (Å²) < 4.78 is 18.9. The van der Waals surface area contributed by atoms with Crippen molar-refractivity contribution in [2.24, 2.45) is 0 Å². The van der Waals surface area contributed by atoms with Crippen LogP contribution in [0.15, 0.2) is 35.6 Å². The van der Waals surface area contributed by atoms with E-state index in [9.17, 15) is 9.50 Å². The van der Waals surface area contributed by atoms with Crippen molar-refractivity contribution in [3.8, 4) is 5.75 Å². The number of aliphatic hydroxyl groups excluding tert-OH is 1. The third kappa shape index (κ3) is 3.49. The first-order chi connectivity index (χ1) is 12.2. The Hall–Kier alpha value is -1.70. The number of ether oxygens (including phenoxy) is 1. The molecule has 2 heterocycles. The van der Waals surface area contributed by atoms with Crippen LogP contribution in [-0.2, 0) is 12.8 Å². The number of hydrogen-bond acceptors (Lipinski definition) is 6. The highest BCUT2D eigenvalue weighted by molar-refractivity contribution is 7.99. The summed E-state index contributed by atoms with van der Waals surface area (Å²) in [6.07, 6.45) is 4.27. The van der Waals surface area contributed by atoms with Gasteiger partial charge in [-0.2, -0.15) is 0 Å². The molecule has 0 amide bonds. The average molecular weight is 376 g/mol. The van der Waals surface area contributed by atoms with E-state index < -0.39 is 11.9 Å². The fraction of sp³-hybridized carbons (Fsp3) is 0.333. The largest absolute Gasteiger partial charge is 0.488 e. The number of fused-ring (bicyclic) bond motifs is 3. The lowest BCUT2D eigenvalue weighted by Crippen LogP contribution is -2.20. The lowest BCUT2D eigenvalue weighted by molar-refractivity contribution is 0.123. The fourth-order valence-electron chi connectivity index (χ4n) is 2.98. The molecule has 0 saturated heterocycles. The van der Waals surface area contributed by atoms with E-state index in [1.54, 1.807) is 35.9 Å². The molecule has 4 nitrogen and oxygen atoms in total. The molecular formula is C18H17FN2O2S2. The van der Waals surface area contributed by atoms with Crippen molar-refractivity contribution in [1.82, 2.24) is 9.97 Å². The first kappa shape index (κ1) is 16.8. The smallest absolute Gasteiger partial charge is 0.165 e. The highest BCUT2D eigenvalue weighted by Gasteiger charge is 2.21. The molecule has 0 fully saturated rings. The normalized spacial score (nSPS) is 14.6. The summed E-state index contributed by atoms with van der Waals surface area (Å²) in [4.78, 5) is 11.2. The average Bonchev–Trinajstić information content (AvgIpc) is 3.20. The summed E-state index contributed by atoms with van der Waals surface area (Å²) in [6, 6.07) is 6.20. The second-order valence-electron chi connectivity index (χ2n) is 5.92. The molecule has 0 aliphatic heterocycles. The van der Waals surface area contributed by atoms with Crippen LogP contribution in [0.25, 0.3) is 10.2 Å². The molecule has 1 N–H and O–H groups in total. The van der Waals surface area contributed by atoms with Gasteiger partial charge in [-0.05, 0) is 37.0 Å². The second-order valence-corrected chi connectivity index (χ2v) is 8.01. The molecule has 4 rings (SSSR count). The molecule has 1 aliphatic carbocycles.